The lowest BCUT2D eigenvalue weighted by molar-refractivity contribution is -0.145. The first-order valence-corrected chi connectivity index (χ1v) is 6.01. The molecule has 112 valence electrons. The van der Waals surface area contributed by atoms with Crippen molar-refractivity contribution in [3.8, 4) is 0 Å². The molecule has 1 rings (SSSR count). The summed E-state index contributed by atoms with van der Waals surface area (Å²) >= 11 is 0. The van der Waals surface area contributed by atoms with Gasteiger partial charge in [-0.15, -0.1) is 0 Å². The summed E-state index contributed by atoms with van der Waals surface area (Å²) in [4.78, 5) is 45.7. The highest BCUT2D eigenvalue weighted by atomic mass is 16.4. The van der Waals surface area contributed by atoms with Crippen molar-refractivity contribution in [2.75, 3.05) is 19.6 Å². The zero-order valence-corrected chi connectivity index (χ0v) is 11.1. The number of hydrogen-bond donors (Lipinski definition) is 3. The minimum absolute atomic E-state index is 0.366. The fraction of sp³-hybridized carbons (Fsp3) is 0.231. The number of nitrogens with two attached hydrogens (primary N) is 1. The van der Waals surface area contributed by atoms with Crippen LogP contribution in [-0.2, 0) is 14.4 Å². The maximum atomic E-state index is 11.8. The predicted molar refractivity (Wildman–Crippen MR) is 72.2 cm³/mol. The summed E-state index contributed by atoms with van der Waals surface area (Å²) in [7, 11) is 0. The Morgan fingerprint density at radius 2 is 1.71 bits per heavy atom. The van der Waals surface area contributed by atoms with Gasteiger partial charge in [0.25, 0.3) is 5.91 Å². The predicted octanol–water partition coefficient (Wildman–Crippen LogP) is -1.19. The van der Waals surface area contributed by atoms with Crippen molar-refractivity contribution in [3.05, 3.63) is 35.9 Å². The van der Waals surface area contributed by atoms with E-state index in [1.165, 1.54) is 0 Å². The highest BCUT2D eigenvalue weighted by molar-refractivity contribution is 5.97. The average Bonchev–Trinajstić information content (AvgIpc) is 2.43. The zero-order valence-electron chi connectivity index (χ0n) is 11.1. The summed E-state index contributed by atoms with van der Waals surface area (Å²) in [5.41, 5.74) is 5.31. The molecule has 0 saturated heterocycles. The van der Waals surface area contributed by atoms with Crippen LogP contribution >= 0.6 is 0 Å². The van der Waals surface area contributed by atoms with Gasteiger partial charge in [0.1, 0.15) is 6.54 Å². The van der Waals surface area contributed by atoms with Crippen LogP contribution in [0.1, 0.15) is 10.4 Å². The van der Waals surface area contributed by atoms with Crippen LogP contribution in [0.4, 0.5) is 0 Å². The highest BCUT2D eigenvalue weighted by Crippen LogP contribution is 1.98. The molecule has 0 fully saturated rings. The quantitative estimate of drug-likeness (QED) is 0.582. The molecule has 0 atom stereocenters. The molecule has 0 aromatic heterocycles. The lowest BCUT2D eigenvalue weighted by Gasteiger charge is -2.19. The van der Waals surface area contributed by atoms with Gasteiger partial charge >= 0.3 is 5.97 Å². The number of benzene rings is 1. The van der Waals surface area contributed by atoms with Crippen LogP contribution in [0, 0.1) is 0 Å². The van der Waals surface area contributed by atoms with Gasteiger partial charge in [-0.25, -0.2) is 0 Å². The lowest BCUT2D eigenvalue weighted by Crippen LogP contribution is -2.46. The minimum Gasteiger partial charge on any atom is -0.480 e. The molecule has 0 unspecified atom stereocenters. The van der Waals surface area contributed by atoms with E-state index < -0.39 is 43.3 Å². The number of primary amides is 1. The molecule has 1 aromatic carbocycles. The van der Waals surface area contributed by atoms with Gasteiger partial charge in [0.2, 0.25) is 11.8 Å². The number of hydrogen-bond acceptors (Lipinski definition) is 4. The summed E-state index contributed by atoms with van der Waals surface area (Å²) in [5, 5.41) is 11.0. The molecular formula is C13H15N3O5. The van der Waals surface area contributed by atoms with Crippen molar-refractivity contribution in [2.24, 2.45) is 5.73 Å². The molecule has 0 bridgehead atoms. The van der Waals surface area contributed by atoms with Crippen LogP contribution in [0.3, 0.4) is 0 Å². The van der Waals surface area contributed by atoms with E-state index >= 15 is 0 Å². The van der Waals surface area contributed by atoms with Crippen LogP contribution in [-0.4, -0.2) is 53.3 Å². The van der Waals surface area contributed by atoms with Gasteiger partial charge in [0.05, 0.1) is 13.1 Å². The first-order chi connectivity index (χ1) is 9.90. The Kier molecular flexibility index (Phi) is 5.87. The molecule has 0 aliphatic heterocycles. The minimum atomic E-state index is -1.28. The van der Waals surface area contributed by atoms with Crippen LogP contribution in [0.2, 0.25) is 0 Å². The fourth-order valence-corrected chi connectivity index (χ4v) is 1.54. The molecule has 1 aromatic rings. The summed E-state index contributed by atoms with van der Waals surface area (Å²) < 4.78 is 0. The second-order valence-electron chi connectivity index (χ2n) is 4.16. The fourth-order valence-electron chi connectivity index (χ4n) is 1.54. The van der Waals surface area contributed by atoms with Crippen molar-refractivity contribution in [3.63, 3.8) is 0 Å². The average molecular weight is 293 g/mol. The Labute approximate surface area is 120 Å². The Bertz CT molecular complexity index is 528. The number of carbonyl (C=O) groups is 4. The molecule has 0 heterocycles. The molecule has 0 aliphatic rings. The molecule has 0 saturated carbocycles. The van der Waals surface area contributed by atoms with Gasteiger partial charge in [0.15, 0.2) is 0 Å². The van der Waals surface area contributed by atoms with Gasteiger partial charge in [-0.3, -0.25) is 19.2 Å². The molecule has 8 heteroatoms. The summed E-state index contributed by atoms with van der Waals surface area (Å²) in [6.45, 7) is -1.61. The van der Waals surface area contributed by atoms with E-state index in [9.17, 15) is 19.2 Å². The van der Waals surface area contributed by atoms with Crippen molar-refractivity contribution in [1.82, 2.24) is 10.2 Å². The van der Waals surface area contributed by atoms with Crippen LogP contribution in [0.25, 0.3) is 0 Å². The number of carboxylic acids is 1. The third-order valence-electron chi connectivity index (χ3n) is 2.46. The smallest absolute Gasteiger partial charge is 0.323 e. The third-order valence-corrected chi connectivity index (χ3v) is 2.46. The maximum Gasteiger partial charge on any atom is 0.323 e. The molecule has 3 amide bonds. The van der Waals surface area contributed by atoms with E-state index in [-0.39, 0.29) is 0 Å². The monoisotopic (exact) mass is 293 g/mol. The Balaban J connectivity index is 2.59. The number of aliphatic carboxylic acids is 1. The molecular weight excluding hydrogens is 278 g/mol. The number of amides is 3. The maximum absolute atomic E-state index is 11.8. The van der Waals surface area contributed by atoms with E-state index in [1.807, 2.05) is 0 Å². The summed E-state index contributed by atoms with van der Waals surface area (Å²) in [6, 6.07) is 8.21. The van der Waals surface area contributed by atoms with E-state index in [0.717, 1.165) is 4.90 Å². The van der Waals surface area contributed by atoms with Crippen LogP contribution in [0.15, 0.2) is 30.3 Å². The van der Waals surface area contributed by atoms with Crippen LogP contribution in [0.5, 0.6) is 0 Å². The summed E-state index contributed by atoms with van der Waals surface area (Å²) in [5.74, 6) is -3.29. The number of carboxylic acid groups (broad SMARTS) is 1. The van der Waals surface area contributed by atoms with Gasteiger partial charge in [-0.2, -0.15) is 0 Å². The van der Waals surface area contributed by atoms with E-state index in [4.69, 9.17) is 10.8 Å². The molecule has 0 aliphatic carbocycles. The van der Waals surface area contributed by atoms with Gasteiger partial charge in [0, 0.05) is 5.56 Å². The van der Waals surface area contributed by atoms with Crippen LogP contribution < -0.4 is 11.1 Å². The number of carbonyl (C=O) groups excluding carboxylic acids is 3. The largest absolute Gasteiger partial charge is 0.480 e. The highest BCUT2D eigenvalue weighted by Gasteiger charge is 2.19. The number of nitrogens with one attached hydrogen (secondary N) is 1. The van der Waals surface area contributed by atoms with Crippen molar-refractivity contribution < 1.29 is 24.3 Å². The SMILES string of the molecule is NC(=O)CN(CC(=O)O)C(=O)CNC(=O)c1ccccc1. The zero-order chi connectivity index (χ0) is 15.8. The standard InChI is InChI=1S/C13H15N3O5/c14-10(17)7-16(8-12(19)20)11(18)6-15-13(21)9-4-2-1-3-5-9/h1-5H,6-8H2,(H2,14,17)(H,15,21)(H,19,20). The Morgan fingerprint density at radius 1 is 1.10 bits per heavy atom. The molecule has 0 spiro atoms. The van der Waals surface area contributed by atoms with E-state index in [2.05, 4.69) is 5.32 Å². The third kappa shape index (κ3) is 5.72. The van der Waals surface area contributed by atoms with Gasteiger partial charge < -0.3 is 21.1 Å². The first kappa shape index (κ1) is 16.2. The number of nitrogens with zero attached hydrogens (tertiary/aromatic N) is 1. The lowest BCUT2D eigenvalue weighted by atomic mass is 10.2. The molecule has 4 N–H and O–H groups in total. The normalized spacial score (nSPS) is 9.71. The summed E-state index contributed by atoms with van der Waals surface area (Å²) in [6.07, 6.45) is 0. The second kappa shape index (κ2) is 7.63. The molecule has 0 radical (unpaired) electrons. The number of rotatable bonds is 7. The Morgan fingerprint density at radius 3 is 2.24 bits per heavy atom. The Hall–Kier alpha value is -2.90. The van der Waals surface area contributed by atoms with E-state index in [0.29, 0.717) is 5.56 Å². The van der Waals surface area contributed by atoms with Gasteiger partial charge in [-0.05, 0) is 12.1 Å². The van der Waals surface area contributed by atoms with Crippen molar-refractivity contribution in [2.45, 2.75) is 0 Å². The topological polar surface area (TPSA) is 130 Å². The van der Waals surface area contributed by atoms with Crippen molar-refractivity contribution >= 4 is 23.7 Å². The second-order valence-corrected chi connectivity index (χ2v) is 4.16. The molecule has 21 heavy (non-hydrogen) atoms. The van der Waals surface area contributed by atoms with Gasteiger partial charge in [-0.1, -0.05) is 18.2 Å². The first-order valence-electron chi connectivity index (χ1n) is 6.01. The van der Waals surface area contributed by atoms with E-state index in [1.54, 1.807) is 30.3 Å². The molecule has 8 nitrogen and oxygen atoms in total. The van der Waals surface area contributed by atoms with Crippen molar-refractivity contribution in [1.29, 1.82) is 0 Å².